The third kappa shape index (κ3) is 3.19. The van der Waals surface area contributed by atoms with Crippen LogP contribution in [0.3, 0.4) is 0 Å². The van der Waals surface area contributed by atoms with E-state index < -0.39 is 0 Å². The summed E-state index contributed by atoms with van der Waals surface area (Å²) in [5.74, 6) is 1.18. The summed E-state index contributed by atoms with van der Waals surface area (Å²) in [6.07, 6.45) is 1.02. The third-order valence-corrected chi connectivity index (χ3v) is 3.49. The predicted molar refractivity (Wildman–Crippen MR) is 86.7 cm³/mol. The molecule has 0 bridgehead atoms. The number of halogens is 1. The molecule has 0 aromatic heterocycles. The van der Waals surface area contributed by atoms with E-state index in [9.17, 15) is 4.39 Å². The summed E-state index contributed by atoms with van der Waals surface area (Å²) in [5, 5.41) is 6.25. The molecular formula is C17H18FN3O. The van der Waals surface area contributed by atoms with Crippen LogP contribution in [0, 0.1) is 5.82 Å². The van der Waals surface area contributed by atoms with E-state index in [1.54, 1.807) is 13.2 Å². The van der Waals surface area contributed by atoms with E-state index >= 15 is 0 Å². The van der Waals surface area contributed by atoms with Crippen molar-refractivity contribution < 1.29 is 9.13 Å². The largest absolute Gasteiger partial charge is 0.497 e. The molecule has 4 nitrogen and oxygen atoms in total. The lowest BCUT2D eigenvalue weighted by Gasteiger charge is -2.15. The van der Waals surface area contributed by atoms with Crippen molar-refractivity contribution in [3.8, 4) is 5.75 Å². The maximum Gasteiger partial charge on any atom is 0.147 e. The van der Waals surface area contributed by atoms with Gasteiger partial charge in [0.15, 0.2) is 0 Å². The molecule has 0 aliphatic carbocycles. The number of rotatable bonds is 4. The molecule has 0 radical (unpaired) electrons. The second kappa shape index (κ2) is 6.47. The number of ether oxygens (including phenoxy) is 1. The fourth-order valence-electron chi connectivity index (χ4n) is 2.35. The lowest BCUT2D eigenvalue weighted by atomic mass is 10.1. The van der Waals surface area contributed by atoms with Crippen LogP contribution in [0.2, 0.25) is 0 Å². The van der Waals surface area contributed by atoms with E-state index in [1.807, 2.05) is 30.3 Å². The highest BCUT2D eigenvalue weighted by atomic mass is 19.1. The van der Waals surface area contributed by atoms with Gasteiger partial charge in [-0.25, -0.2) is 4.39 Å². The molecule has 114 valence electrons. The number of anilines is 2. The first kappa shape index (κ1) is 14.4. The van der Waals surface area contributed by atoms with Crippen molar-refractivity contribution >= 4 is 17.2 Å². The van der Waals surface area contributed by atoms with Gasteiger partial charge in [0.25, 0.3) is 0 Å². The fraction of sp³-hybridized carbons (Fsp3) is 0.235. The highest BCUT2D eigenvalue weighted by molar-refractivity contribution is 5.99. The van der Waals surface area contributed by atoms with Crippen LogP contribution < -0.4 is 15.4 Å². The SMILES string of the molecule is COc1cccc(Nc2ccc(C3=NCCCN3)cc2F)c1. The minimum Gasteiger partial charge on any atom is -0.497 e. The van der Waals surface area contributed by atoms with E-state index in [0.717, 1.165) is 42.3 Å². The van der Waals surface area contributed by atoms with Gasteiger partial charge in [-0.1, -0.05) is 6.07 Å². The lowest BCUT2D eigenvalue weighted by Crippen LogP contribution is -2.30. The summed E-state index contributed by atoms with van der Waals surface area (Å²) < 4.78 is 19.5. The van der Waals surface area contributed by atoms with E-state index in [2.05, 4.69) is 15.6 Å². The molecule has 5 heteroatoms. The van der Waals surface area contributed by atoms with Crippen molar-refractivity contribution in [3.05, 3.63) is 53.8 Å². The van der Waals surface area contributed by atoms with Crippen LogP contribution in [0.25, 0.3) is 0 Å². The van der Waals surface area contributed by atoms with E-state index in [-0.39, 0.29) is 5.82 Å². The zero-order valence-electron chi connectivity index (χ0n) is 12.4. The highest BCUT2D eigenvalue weighted by Crippen LogP contribution is 2.24. The Balaban J connectivity index is 1.81. The van der Waals surface area contributed by atoms with Gasteiger partial charge < -0.3 is 15.4 Å². The Bertz CT molecular complexity index is 700. The summed E-state index contributed by atoms with van der Waals surface area (Å²) in [4.78, 5) is 4.38. The van der Waals surface area contributed by atoms with Crippen molar-refractivity contribution in [1.29, 1.82) is 0 Å². The first-order valence-electron chi connectivity index (χ1n) is 7.25. The first-order valence-corrected chi connectivity index (χ1v) is 7.25. The van der Waals surface area contributed by atoms with Crippen molar-refractivity contribution in [2.75, 3.05) is 25.5 Å². The van der Waals surface area contributed by atoms with E-state index in [1.165, 1.54) is 6.07 Å². The number of nitrogens with zero attached hydrogens (tertiary/aromatic N) is 1. The standard InChI is InChI=1S/C17H18FN3O/c1-22-14-5-2-4-13(11-14)21-16-7-6-12(10-15(16)18)17-19-8-3-9-20-17/h2,4-7,10-11,21H,3,8-9H2,1H3,(H,19,20). The average Bonchev–Trinajstić information content (AvgIpc) is 2.58. The van der Waals surface area contributed by atoms with Crippen molar-refractivity contribution in [3.63, 3.8) is 0 Å². The summed E-state index contributed by atoms with van der Waals surface area (Å²) in [5.41, 5.74) is 1.97. The highest BCUT2D eigenvalue weighted by Gasteiger charge is 2.10. The maximum absolute atomic E-state index is 14.3. The van der Waals surface area contributed by atoms with Crippen LogP contribution in [-0.4, -0.2) is 26.0 Å². The number of hydrogen-bond acceptors (Lipinski definition) is 4. The zero-order chi connectivity index (χ0) is 15.4. The third-order valence-electron chi connectivity index (χ3n) is 3.49. The summed E-state index contributed by atoms with van der Waals surface area (Å²) in [6.45, 7) is 1.66. The van der Waals surface area contributed by atoms with Crippen LogP contribution in [0.5, 0.6) is 5.75 Å². The van der Waals surface area contributed by atoms with Gasteiger partial charge in [-0.05, 0) is 36.8 Å². The molecule has 0 unspecified atom stereocenters. The van der Waals surface area contributed by atoms with Crippen molar-refractivity contribution in [1.82, 2.24) is 5.32 Å². The van der Waals surface area contributed by atoms with Gasteiger partial charge in [0.2, 0.25) is 0 Å². The molecule has 22 heavy (non-hydrogen) atoms. The molecule has 0 spiro atoms. The van der Waals surface area contributed by atoms with Crippen LogP contribution in [0.15, 0.2) is 47.5 Å². The molecule has 0 fully saturated rings. The average molecular weight is 299 g/mol. The molecule has 0 saturated carbocycles. The normalized spacial score (nSPS) is 14.0. The smallest absolute Gasteiger partial charge is 0.147 e. The van der Waals surface area contributed by atoms with Crippen LogP contribution in [-0.2, 0) is 0 Å². The lowest BCUT2D eigenvalue weighted by molar-refractivity contribution is 0.415. The zero-order valence-corrected chi connectivity index (χ0v) is 12.4. The molecule has 2 N–H and O–H groups in total. The number of amidine groups is 1. The predicted octanol–water partition coefficient (Wildman–Crippen LogP) is 3.32. The van der Waals surface area contributed by atoms with Gasteiger partial charge in [-0.3, -0.25) is 4.99 Å². The Hall–Kier alpha value is -2.56. The number of aliphatic imine (C=N–C) groups is 1. The Morgan fingerprint density at radius 1 is 1.23 bits per heavy atom. The van der Waals surface area contributed by atoms with Gasteiger partial charge in [0, 0.05) is 30.4 Å². The van der Waals surface area contributed by atoms with Gasteiger partial charge in [-0.15, -0.1) is 0 Å². The molecule has 3 rings (SSSR count). The van der Waals surface area contributed by atoms with Gasteiger partial charge >= 0.3 is 0 Å². The Morgan fingerprint density at radius 3 is 2.86 bits per heavy atom. The summed E-state index contributed by atoms with van der Waals surface area (Å²) in [7, 11) is 1.60. The minimum atomic E-state index is -0.310. The Morgan fingerprint density at radius 2 is 2.14 bits per heavy atom. The minimum absolute atomic E-state index is 0.310. The van der Waals surface area contributed by atoms with E-state index in [0.29, 0.717) is 5.69 Å². The molecule has 0 amide bonds. The Kier molecular flexibility index (Phi) is 4.23. The van der Waals surface area contributed by atoms with Gasteiger partial charge in [-0.2, -0.15) is 0 Å². The molecule has 2 aromatic rings. The molecule has 1 aliphatic rings. The number of hydrogen-bond donors (Lipinski definition) is 2. The van der Waals surface area contributed by atoms with Crippen molar-refractivity contribution in [2.45, 2.75) is 6.42 Å². The molecule has 1 aliphatic heterocycles. The number of nitrogens with one attached hydrogen (secondary N) is 2. The van der Waals surface area contributed by atoms with Crippen LogP contribution >= 0.6 is 0 Å². The maximum atomic E-state index is 14.3. The summed E-state index contributed by atoms with van der Waals surface area (Å²) >= 11 is 0. The number of benzene rings is 2. The Labute approximate surface area is 129 Å². The monoisotopic (exact) mass is 299 g/mol. The van der Waals surface area contributed by atoms with Gasteiger partial charge in [0.1, 0.15) is 17.4 Å². The quantitative estimate of drug-likeness (QED) is 0.910. The summed E-state index contributed by atoms with van der Waals surface area (Å²) in [6, 6.07) is 12.5. The molecule has 2 aromatic carbocycles. The molecule has 0 saturated heterocycles. The molecule has 1 heterocycles. The fourth-order valence-corrected chi connectivity index (χ4v) is 2.35. The van der Waals surface area contributed by atoms with Crippen LogP contribution in [0.1, 0.15) is 12.0 Å². The second-order valence-electron chi connectivity index (χ2n) is 5.06. The first-order chi connectivity index (χ1) is 10.8. The van der Waals surface area contributed by atoms with E-state index in [4.69, 9.17) is 4.74 Å². The molecular weight excluding hydrogens is 281 g/mol. The van der Waals surface area contributed by atoms with Gasteiger partial charge in [0.05, 0.1) is 12.8 Å². The van der Waals surface area contributed by atoms with Crippen LogP contribution in [0.4, 0.5) is 15.8 Å². The molecule has 0 atom stereocenters. The topological polar surface area (TPSA) is 45.6 Å². The second-order valence-corrected chi connectivity index (χ2v) is 5.06. The van der Waals surface area contributed by atoms with Crippen molar-refractivity contribution in [2.24, 2.45) is 4.99 Å². The number of methoxy groups -OCH3 is 1.